The van der Waals surface area contributed by atoms with Crippen LogP contribution < -0.4 is 16.0 Å². The standard InChI is InChI=1S/C29H47N3O11/c33-13-21-25(39)26(40)24(28(42)43-21)31-14-30-19(2-4-23(37)38)27(41)32-18(1-3-22(35)36)20(34)5-6-29-10-15-7-16(11-29)9-17(8-15)12-29/h15-19,21,24-26,28,30-31,33,39-40,42H,1-14H2,(H,32,41)(H,35,36)(H,37,38)/t15?,16?,17?,18-,19+,21-,24?,25+,26-,28?,29?/m1/s1. The van der Waals surface area contributed by atoms with Crippen molar-refractivity contribution in [2.24, 2.45) is 23.2 Å². The molecule has 2 unspecified atom stereocenters. The number of hydrogen-bond acceptors (Lipinski definition) is 11. The van der Waals surface area contributed by atoms with E-state index >= 15 is 0 Å². The lowest BCUT2D eigenvalue weighted by Gasteiger charge is -2.57. The van der Waals surface area contributed by atoms with Crippen LogP contribution in [0.1, 0.15) is 77.0 Å². The summed E-state index contributed by atoms with van der Waals surface area (Å²) in [6.45, 7) is -0.849. The van der Waals surface area contributed by atoms with Gasteiger partial charge in [-0.15, -0.1) is 0 Å². The van der Waals surface area contributed by atoms with Crippen LogP contribution in [0.15, 0.2) is 0 Å². The fourth-order valence-electron chi connectivity index (χ4n) is 8.22. The van der Waals surface area contributed by atoms with Crippen molar-refractivity contribution in [1.29, 1.82) is 0 Å². The Morgan fingerprint density at radius 3 is 1.91 bits per heavy atom. The number of rotatable bonds is 17. The number of aliphatic carboxylic acids is 2. The van der Waals surface area contributed by atoms with E-state index in [9.17, 15) is 49.8 Å². The summed E-state index contributed by atoms with van der Waals surface area (Å²) < 4.78 is 5.10. The first-order valence-electron chi connectivity index (χ1n) is 15.4. The quantitative estimate of drug-likeness (QED) is 0.0903. The van der Waals surface area contributed by atoms with Crippen LogP contribution in [0.25, 0.3) is 0 Å². The van der Waals surface area contributed by atoms with Gasteiger partial charge in [-0.2, -0.15) is 0 Å². The number of ether oxygens (including phenoxy) is 1. The molecule has 1 aliphatic heterocycles. The van der Waals surface area contributed by atoms with Gasteiger partial charge in [0.2, 0.25) is 5.91 Å². The molecule has 5 rings (SSSR count). The maximum absolute atomic E-state index is 13.4. The number of carbonyl (C=O) groups excluding carboxylic acids is 2. The molecule has 14 heteroatoms. The molecule has 43 heavy (non-hydrogen) atoms. The van der Waals surface area contributed by atoms with Gasteiger partial charge in [0.25, 0.3) is 0 Å². The molecule has 4 aliphatic carbocycles. The third kappa shape index (κ3) is 8.71. The molecule has 0 aromatic heterocycles. The summed E-state index contributed by atoms with van der Waals surface area (Å²) in [7, 11) is 0. The highest BCUT2D eigenvalue weighted by atomic mass is 16.6. The Morgan fingerprint density at radius 2 is 1.37 bits per heavy atom. The molecule has 4 bridgehead atoms. The van der Waals surface area contributed by atoms with Crippen LogP contribution in [-0.4, -0.2) is 110 Å². The number of Topliss-reactive ketones (excluding diaryl/α,β-unsaturated/α-hetero) is 1. The molecule has 1 heterocycles. The molecule has 5 fully saturated rings. The summed E-state index contributed by atoms with van der Waals surface area (Å²) in [4.78, 5) is 49.3. The largest absolute Gasteiger partial charge is 0.481 e. The Bertz CT molecular complexity index is 975. The summed E-state index contributed by atoms with van der Waals surface area (Å²) in [5.74, 6) is -0.996. The zero-order valence-electron chi connectivity index (χ0n) is 24.4. The highest BCUT2D eigenvalue weighted by Crippen LogP contribution is 2.61. The minimum absolute atomic E-state index is 0.0909. The number of aliphatic hydroxyl groups excluding tert-OH is 4. The van der Waals surface area contributed by atoms with E-state index < -0.39 is 67.2 Å². The molecular formula is C29H47N3O11. The molecule has 0 radical (unpaired) electrons. The molecule has 9 N–H and O–H groups in total. The van der Waals surface area contributed by atoms with Crippen molar-refractivity contribution in [3.63, 3.8) is 0 Å². The monoisotopic (exact) mass is 613 g/mol. The minimum atomic E-state index is -1.59. The lowest BCUT2D eigenvalue weighted by molar-refractivity contribution is -0.254. The first-order chi connectivity index (χ1) is 20.4. The van der Waals surface area contributed by atoms with Crippen LogP contribution >= 0.6 is 0 Å². The number of carboxylic acids is 2. The Kier molecular flexibility index (Phi) is 11.5. The molecule has 244 valence electrons. The van der Waals surface area contributed by atoms with Gasteiger partial charge in [0.15, 0.2) is 12.1 Å². The zero-order valence-corrected chi connectivity index (χ0v) is 24.4. The van der Waals surface area contributed by atoms with Gasteiger partial charge < -0.3 is 40.7 Å². The van der Waals surface area contributed by atoms with E-state index in [4.69, 9.17) is 4.74 Å². The zero-order chi connectivity index (χ0) is 31.3. The van der Waals surface area contributed by atoms with Crippen LogP contribution in [-0.2, 0) is 23.9 Å². The van der Waals surface area contributed by atoms with Crippen molar-refractivity contribution >= 4 is 23.6 Å². The number of carbonyl (C=O) groups is 4. The number of amides is 1. The van der Waals surface area contributed by atoms with Crippen molar-refractivity contribution in [2.75, 3.05) is 13.3 Å². The van der Waals surface area contributed by atoms with Gasteiger partial charge in [-0.25, -0.2) is 0 Å². The lowest BCUT2D eigenvalue weighted by atomic mass is 9.48. The van der Waals surface area contributed by atoms with Crippen LogP contribution in [0.2, 0.25) is 0 Å². The second-order valence-electron chi connectivity index (χ2n) is 13.2. The Labute approximate surface area is 250 Å². The van der Waals surface area contributed by atoms with E-state index in [-0.39, 0.29) is 50.0 Å². The van der Waals surface area contributed by atoms with Gasteiger partial charge in [-0.3, -0.25) is 29.8 Å². The summed E-state index contributed by atoms with van der Waals surface area (Å²) in [6, 6.07) is -3.34. The fourth-order valence-corrected chi connectivity index (χ4v) is 8.22. The van der Waals surface area contributed by atoms with E-state index in [1.165, 1.54) is 19.3 Å². The van der Waals surface area contributed by atoms with Crippen molar-refractivity contribution in [2.45, 2.75) is 120 Å². The molecule has 7 atom stereocenters. The first-order valence-corrected chi connectivity index (χ1v) is 15.4. The minimum Gasteiger partial charge on any atom is -0.481 e. The average Bonchev–Trinajstić information content (AvgIpc) is 2.94. The maximum atomic E-state index is 13.4. The normalized spacial score (nSPS) is 36.2. The molecule has 0 aromatic carbocycles. The van der Waals surface area contributed by atoms with Crippen molar-refractivity contribution in [3.8, 4) is 0 Å². The topological polar surface area (TPSA) is 235 Å². The molecular weight excluding hydrogens is 566 g/mol. The van der Waals surface area contributed by atoms with Crippen LogP contribution in [0.4, 0.5) is 0 Å². The third-order valence-corrected chi connectivity index (χ3v) is 9.97. The fraction of sp³-hybridized carbons (Fsp3) is 0.862. The molecule has 4 saturated carbocycles. The Hall–Kier alpha value is -2.20. The number of ketones is 1. The van der Waals surface area contributed by atoms with Gasteiger partial charge >= 0.3 is 11.9 Å². The smallest absolute Gasteiger partial charge is 0.303 e. The molecule has 14 nitrogen and oxygen atoms in total. The summed E-state index contributed by atoms with van der Waals surface area (Å²) in [5, 5.41) is 66.5. The van der Waals surface area contributed by atoms with E-state index in [0.717, 1.165) is 43.4 Å². The summed E-state index contributed by atoms with van der Waals surface area (Å²) in [5.41, 5.74) is 0.145. The average molecular weight is 614 g/mol. The molecule has 1 amide bonds. The van der Waals surface area contributed by atoms with Crippen LogP contribution in [0.3, 0.4) is 0 Å². The number of carboxylic acid groups (broad SMARTS) is 2. The molecule has 5 aliphatic rings. The Morgan fingerprint density at radius 1 is 0.814 bits per heavy atom. The van der Waals surface area contributed by atoms with E-state index in [1.54, 1.807) is 0 Å². The summed E-state index contributed by atoms with van der Waals surface area (Å²) in [6.07, 6.45) is 1.44. The Balaban J connectivity index is 1.35. The van der Waals surface area contributed by atoms with E-state index in [1.807, 2.05) is 0 Å². The second kappa shape index (κ2) is 14.7. The highest BCUT2D eigenvalue weighted by Gasteiger charge is 2.50. The number of hydrogen-bond donors (Lipinski definition) is 9. The predicted molar refractivity (Wildman–Crippen MR) is 149 cm³/mol. The van der Waals surface area contributed by atoms with Crippen LogP contribution in [0.5, 0.6) is 0 Å². The van der Waals surface area contributed by atoms with Crippen molar-refractivity contribution < 1.29 is 54.6 Å². The lowest BCUT2D eigenvalue weighted by Crippen LogP contribution is -2.64. The van der Waals surface area contributed by atoms with Crippen molar-refractivity contribution in [1.82, 2.24) is 16.0 Å². The van der Waals surface area contributed by atoms with Crippen LogP contribution in [0, 0.1) is 23.2 Å². The van der Waals surface area contributed by atoms with Gasteiger partial charge in [0, 0.05) is 25.9 Å². The third-order valence-electron chi connectivity index (χ3n) is 9.97. The maximum Gasteiger partial charge on any atom is 0.303 e. The van der Waals surface area contributed by atoms with Crippen molar-refractivity contribution in [3.05, 3.63) is 0 Å². The van der Waals surface area contributed by atoms with Gasteiger partial charge in [0.1, 0.15) is 18.3 Å². The molecule has 0 spiro atoms. The van der Waals surface area contributed by atoms with Gasteiger partial charge in [-0.05, 0) is 81.0 Å². The number of nitrogens with one attached hydrogen (secondary N) is 3. The molecule has 1 saturated heterocycles. The molecule has 0 aromatic rings. The number of aliphatic hydroxyl groups is 4. The van der Waals surface area contributed by atoms with Gasteiger partial charge in [-0.1, -0.05) is 0 Å². The second-order valence-corrected chi connectivity index (χ2v) is 13.2. The van der Waals surface area contributed by atoms with E-state index in [0.29, 0.717) is 0 Å². The SMILES string of the molecule is O=C(O)CC[C@H](NCNC1C(O)O[C@H](CO)[C@H](O)[C@@H]1O)C(=O)N[C@H](CCC(=O)O)C(=O)CCC12CC3CC(CC(C3)C1)C2. The highest BCUT2D eigenvalue weighted by molar-refractivity contribution is 5.91. The van der Waals surface area contributed by atoms with E-state index in [2.05, 4.69) is 16.0 Å². The van der Waals surface area contributed by atoms with Gasteiger partial charge in [0.05, 0.1) is 24.7 Å². The first kappa shape index (κ1) is 33.7. The summed E-state index contributed by atoms with van der Waals surface area (Å²) >= 11 is 0. The predicted octanol–water partition coefficient (Wildman–Crippen LogP) is -0.928.